The van der Waals surface area contributed by atoms with Crippen LogP contribution in [-0.2, 0) is 0 Å². The maximum atomic E-state index is 13.1. The van der Waals surface area contributed by atoms with Crippen LogP contribution < -0.4 is 5.32 Å². The quantitative estimate of drug-likeness (QED) is 0.562. The third-order valence-corrected chi connectivity index (χ3v) is 4.68. The number of hydrogen-bond donors (Lipinski definition) is 1. The molecule has 4 aromatic rings. The van der Waals surface area contributed by atoms with Gasteiger partial charge in [-0.1, -0.05) is 48.0 Å². The van der Waals surface area contributed by atoms with Gasteiger partial charge >= 0.3 is 0 Å². The van der Waals surface area contributed by atoms with Gasteiger partial charge in [0.25, 0.3) is 5.91 Å². The Balaban J connectivity index is 1.70. The number of nitrogens with zero attached hydrogens (tertiary/aromatic N) is 4. The lowest BCUT2D eigenvalue weighted by Crippen LogP contribution is -2.27. The fourth-order valence-electron chi connectivity index (χ4n) is 3.06. The Bertz CT molecular complexity index is 1110. The molecule has 0 radical (unpaired) electrons. The molecule has 1 unspecified atom stereocenters. The van der Waals surface area contributed by atoms with Crippen LogP contribution in [0, 0.1) is 6.92 Å². The Labute approximate surface area is 169 Å². The summed E-state index contributed by atoms with van der Waals surface area (Å²) in [6, 6.07) is 17.5. The van der Waals surface area contributed by atoms with E-state index in [9.17, 15) is 4.79 Å². The fraction of sp³-hybridized carbons (Fsp3) is 0.130. The van der Waals surface area contributed by atoms with Crippen molar-refractivity contribution < 1.29 is 4.79 Å². The van der Waals surface area contributed by atoms with Crippen LogP contribution in [0.15, 0.2) is 79.4 Å². The summed E-state index contributed by atoms with van der Waals surface area (Å²) in [4.78, 5) is 21.4. The van der Waals surface area contributed by atoms with Gasteiger partial charge in [-0.3, -0.25) is 14.8 Å². The number of rotatable bonds is 5. The van der Waals surface area contributed by atoms with E-state index in [0.717, 1.165) is 11.3 Å². The molecule has 0 saturated carbocycles. The minimum absolute atomic E-state index is 0.208. The smallest absolute Gasteiger partial charge is 0.255 e. The zero-order valence-corrected chi connectivity index (χ0v) is 16.3. The van der Waals surface area contributed by atoms with Crippen molar-refractivity contribution in [3.8, 4) is 16.9 Å². The summed E-state index contributed by atoms with van der Waals surface area (Å²) in [6.45, 7) is 3.92. The lowest BCUT2D eigenvalue weighted by Gasteiger charge is -2.12. The van der Waals surface area contributed by atoms with Crippen molar-refractivity contribution in [2.45, 2.75) is 19.9 Å². The summed E-state index contributed by atoms with van der Waals surface area (Å²) in [5, 5.41) is 7.71. The second-order valence-electron chi connectivity index (χ2n) is 6.86. The number of carbonyl (C=O) groups excluding carboxylic acids is 1. The first-order valence-electron chi connectivity index (χ1n) is 9.41. The second-order valence-corrected chi connectivity index (χ2v) is 6.86. The Hall–Kier alpha value is -3.80. The van der Waals surface area contributed by atoms with E-state index >= 15 is 0 Å². The molecule has 6 nitrogen and oxygen atoms in total. The first-order chi connectivity index (χ1) is 14.1. The molecule has 0 aliphatic rings. The molecule has 0 saturated heterocycles. The van der Waals surface area contributed by atoms with Gasteiger partial charge in [-0.15, -0.1) is 0 Å². The van der Waals surface area contributed by atoms with Gasteiger partial charge in [0.1, 0.15) is 5.69 Å². The van der Waals surface area contributed by atoms with Crippen LogP contribution >= 0.6 is 0 Å². The minimum atomic E-state index is -0.275. The van der Waals surface area contributed by atoms with E-state index in [1.54, 1.807) is 29.5 Å². The number of aryl methyl sites for hydroxylation is 1. The SMILES string of the molecule is Cc1ccc(-n2cc(C(=O)NC(C)c3cnccn3)c(-c3ccccc3)n2)cc1. The highest BCUT2D eigenvalue weighted by Gasteiger charge is 2.21. The zero-order chi connectivity index (χ0) is 20.2. The first-order valence-corrected chi connectivity index (χ1v) is 9.41. The van der Waals surface area contributed by atoms with Crippen LogP contribution in [0.25, 0.3) is 16.9 Å². The predicted octanol–water partition coefficient (Wildman–Crippen LogP) is 4.13. The van der Waals surface area contributed by atoms with Crippen LogP contribution in [0.1, 0.15) is 34.6 Å². The molecule has 0 fully saturated rings. The van der Waals surface area contributed by atoms with Crippen molar-refractivity contribution in [2.24, 2.45) is 0 Å². The lowest BCUT2D eigenvalue weighted by atomic mass is 10.1. The second kappa shape index (κ2) is 8.06. The van der Waals surface area contributed by atoms with Gasteiger partial charge in [-0.05, 0) is 26.0 Å². The average molecular weight is 383 g/mol. The standard InChI is InChI=1S/C23H21N5O/c1-16-8-10-19(11-9-16)28-15-20(22(27-28)18-6-4-3-5-7-18)23(29)26-17(2)21-14-24-12-13-25-21/h3-15,17H,1-2H3,(H,26,29). The summed E-state index contributed by atoms with van der Waals surface area (Å²) in [5.41, 5.74) is 4.79. The van der Waals surface area contributed by atoms with E-state index in [2.05, 4.69) is 15.3 Å². The number of hydrogen-bond acceptors (Lipinski definition) is 4. The van der Waals surface area contributed by atoms with Gasteiger partial charge in [-0.2, -0.15) is 5.10 Å². The van der Waals surface area contributed by atoms with E-state index in [4.69, 9.17) is 5.10 Å². The highest BCUT2D eigenvalue weighted by molar-refractivity contribution is 6.00. The number of nitrogens with one attached hydrogen (secondary N) is 1. The Kier molecular flexibility index (Phi) is 5.16. The number of aromatic nitrogens is 4. The van der Waals surface area contributed by atoms with Crippen molar-refractivity contribution in [1.29, 1.82) is 0 Å². The normalized spacial score (nSPS) is 11.8. The third-order valence-electron chi connectivity index (χ3n) is 4.68. The number of benzene rings is 2. The molecule has 1 N–H and O–H groups in total. The fourth-order valence-corrected chi connectivity index (χ4v) is 3.06. The molecule has 29 heavy (non-hydrogen) atoms. The topological polar surface area (TPSA) is 72.7 Å². The summed E-state index contributed by atoms with van der Waals surface area (Å²) in [7, 11) is 0. The maximum absolute atomic E-state index is 13.1. The summed E-state index contributed by atoms with van der Waals surface area (Å²) in [6.07, 6.45) is 6.64. The molecular formula is C23H21N5O. The van der Waals surface area contributed by atoms with Crippen LogP contribution in [0.5, 0.6) is 0 Å². The van der Waals surface area contributed by atoms with Crippen molar-refractivity contribution >= 4 is 5.91 Å². The molecule has 6 heteroatoms. The third kappa shape index (κ3) is 4.06. The van der Waals surface area contributed by atoms with Gasteiger partial charge in [-0.25, -0.2) is 4.68 Å². The van der Waals surface area contributed by atoms with Gasteiger partial charge in [0, 0.05) is 24.2 Å². The predicted molar refractivity (Wildman–Crippen MR) is 112 cm³/mol. The van der Waals surface area contributed by atoms with Crippen molar-refractivity contribution in [2.75, 3.05) is 0 Å². The Morgan fingerprint density at radius 2 is 1.79 bits per heavy atom. The summed E-state index contributed by atoms with van der Waals surface area (Å²) >= 11 is 0. The molecule has 0 aliphatic carbocycles. The molecule has 144 valence electrons. The maximum Gasteiger partial charge on any atom is 0.255 e. The minimum Gasteiger partial charge on any atom is -0.344 e. The molecule has 0 aliphatic heterocycles. The highest BCUT2D eigenvalue weighted by Crippen LogP contribution is 2.24. The lowest BCUT2D eigenvalue weighted by molar-refractivity contribution is 0.0939. The van der Waals surface area contributed by atoms with Crippen molar-refractivity contribution in [3.05, 3.63) is 96.2 Å². The molecule has 2 aromatic carbocycles. The molecule has 2 aromatic heterocycles. The summed E-state index contributed by atoms with van der Waals surface area (Å²) < 4.78 is 1.74. The molecule has 0 bridgehead atoms. The largest absolute Gasteiger partial charge is 0.344 e. The van der Waals surface area contributed by atoms with Crippen molar-refractivity contribution in [1.82, 2.24) is 25.1 Å². The Morgan fingerprint density at radius 3 is 2.48 bits per heavy atom. The van der Waals surface area contributed by atoms with Crippen molar-refractivity contribution in [3.63, 3.8) is 0 Å². The monoisotopic (exact) mass is 383 g/mol. The zero-order valence-electron chi connectivity index (χ0n) is 16.3. The van der Waals surface area contributed by atoms with E-state index in [1.807, 2.05) is 68.4 Å². The van der Waals surface area contributed by atoms with Crippen LogP contribution in [-0.4, -0.2) is 25.7 Å². The molecule has 0 spiro atoms. The average Bonchev–Trinajstić information content (AvgIpc) is 3.21. The summed E-state index contributed by atoms with van der Waals surface area (Å²) in [5.74, 6) is -0.208. The molecule has 1 atom stereocenters. The Morgan fingerprint density at radius 1 is 1.03 bits per heavy atom. The number of amides is 1. The first kappa shape index (κ1) is 18.6. The van der Waals surface area contributed by atoms with E-state index < -0.39 is 0 Å². The van der Waals surface area contributed by atoms with Crippen LogP contribution in [0.4, 0.5) is 0 Å². The molecule has 4 rings (SSSR count). The molecule has 2 heterocycles. The van der Waals surface area contributed by atoms with Crippen LogP contribution in [0.3, 0.4) is 0 Å². The van der Waals surface area contributed by atoms with Gasteiger partial charge in [0.15, 0.2) is 0 Å². The van der Waals surface area contributed by atoms with Gasteiger partial charge < -0.3 is 5.32 Å². The van der Waals surface area contributed by atoms with Crippen LogP contribution in [0.2, 0.25) is 0 Å². The van der Waals surface area contributed by atoms with E-state index in [1.165, 1.54) is 5.56 Å². The molecule has 1 amide bonds. The van der Waals surface area contributed by atoms with E-state index in [-0.39, 0.29) is 11.9 Å². The van der Waals surface area contributed by atoms with E-state index in [0.29, 0.717) is 17.0 Å². The van der Waals surface area contributed by atoms with Gasteiger partial charge in [0.2, 0.25) is 0 Å². The molecular weight excluding hydrogens is 362 g/mol. The number of carbonyl (C=O) groups is 1. The highest BCUT2D eigenvalue weighted by atomic mass is 16.1. The van der Waals surface area contributed by atoms with Gasteiger partial charge in [0.05, 0.1) is 29.2 Å².